The van der Waals surface area contributed by atoms with Crippen molar-refractivity contribution in [3.05, 3.63) is 35.5 Å². The molecule has 1 aliphatic heterocycles. The van der Waals surface area contributed by atoms with Crippen molar-refractivity contribution in [1.82, 2.24) is 20.4 Å². The second-order valence-corrected chi connectivity index (χ2v) is 6.17. The van der Waals surface area contributed by atoms with E-state index in [2.05, 4.69) is 25.3 Å². The first-order valence-corrected chi connectivity index (χ1v) is 8.44. The predicted molar refractivity (Wildman–Crippen MR) is 89.9 cm³/mol. The molecule has 3 heterocycles. The van der Waals surface area contributed by atoms with E-state index in [0.717, 1.165) is 37.9 Å². The molecule has 0 spiro atoms. The Morgan fingerprint density at radius 3 is 3.12 bits per heavy atom. The molecule has 1 aliphatic rings. The number of carbonyl (C=O) groups is 1. The van der Waals surface area contributed by atoms with Gasteiger partial charge < -0.3 is 14.7 Å². The zero-order valence-corrected chi connectivity index (χ0v) is 14.2. The third-order valence-electron chi connectivity index (χ3n) is 4.34. The second-order valence-electron chi connectivity index (χ2n) is 6.17. The first-order valence-electron chi connectivity index (χ1n) is 8.44. The number of nitrogens with zero attached hydrogens (tertiary/aromatic N) is 4. The Bertz CT molecular complexity index is 700. The fourth-order valence-corrected chi connectivity index (χ4v) is 2.98. The van der Waals surface area contributed by atoms with Gasteiger partial charge >= 0.3 is 0 Å². The van der Waals surface area contributed by atoms with Crippen LogP contribution in [0.5, 0.6) is 0 Å². The number of hydrogen-bond acceptors (Lipinski definition) is 6. The molecule has 24 heavy (non-hydrogen) atoms. The van der Waals surface area contributed by atoms with Crippen molar-refractivity contribution in [2.75, 3.05) is 24.5 Å². The molecule has 0 unspecified atom stereocenters. The van der Waals surface area contributed by atoms with Crippen molar-refractivity contribution in [2.45, 2.75) is 33.1 Å². The molecule has 2 aromatic rings. The molecule has 3 rings (SSSR count). The van der Waals surface area contributed by atoms with Gasteiger partial charge in [-0.1, -0.05) is 13.0 Å². The van der Waals surface area contributed by atoms with E-state index in [9.17, 15) is 4.79 Å². The maximum Gasteiger partial charge on any atom is 0.270 e. The molecule has 1 atom stereocenters. The Balaban J connectivity index is 1.56. The van der Waals surface area contributed by atoms with Crippen LogP contribution in [0.15, 0.2) is 22.9 Å². The molecule has 7 nitrogen and oxygen atoms in total. The summed E-state index contributed by atoms with van der Waals surface area (Å²) >= 11 is 0. The van der Waals surface area contributed by atoms with Gasteiger partial charge in [0.15, 0.2) is 0 Å². The van der Waals surface area contributed by atoms with E-state index in [1.807, 2.05) is 26.0 Å². The summed E-state index contributed by atoms with van der Waals surface area (Å²) in [5.41, 5.74) is 1.38. The van der Waals surface area contributed by atoms with Crippen LogP contribution in [0, 0.1) is 12.8 Å². The lowest BCUT2D eigenvalue weighted by Crippen LogP contribution is -2.41. The summed E-state index contributed by atoms with van der Waals surface area (Å²) in [4.78, 5) is 23.0. The van der Waals surface area contributed by atoms with Crippen molar-refractivity contribution < 1.29 is 9.32 Å². The summed E-state index contributed by atoms with van der Waals surface area (Å²) in [6.45, 7) is 6.26. The lowest BCUT2D eigenvalue weighted by Gasteiger charge is -2.31. The number of piperidine rings is 1. The molecule has 0 aromatic carbocycles. The van der Waals surface area contributed by atoms with Crippen molar-refractivity contribution in [2.24, 2.45) is 5.92 Å². The van der Waals surface area contributed by atoms with E-state index >= 15 is 0 Å². The summed E-state index contributed by atoms with van der Waals surface area (Å²) in [6, 6.07) is 3.73. The predicted octanol–water partition coefficient (Wildman–Crippen LogP) is 1.98. The molecule has 0 bridgehead atoms. The van der Waals surface area contributed by atoms with Crippen LogP contribution in [-0.4, -0.2) is 40.7 Å². The third-order valence-corrected chi connectivity index (χ3v) is 4.34. The normalized spacial score (nSPS) is 17.8. The summed E-state index contributed by atoms with van der Waals surface area (Å²) in [5, 5.41) is 7.05. The molecule has 7 heteroatoms. The highest BCUT2D eigenvalue weighted by Crippen LogP contribution is 2.20. The van der Waals surface area contributed by atoms with Crippen LogP contribution in [-0.2, 0) is 6.42 Å². The highest BCUT2D eigenvalue weighted by Gasteiger charge is 2.24. The first kappa shape index (κ1) is 16.4. The Kier molecular flexibility index (Phi) is 5.08. The molecular formula is C17H23N5O2. The van der Waals surface area contributed by atoms with Gasteiger partial charge in [0, 0.05) is 32.3 Å². The number of aromatic nitrogens is 3. The average molecular weight is 329 g/mol. The standard InChI is InChI=1S/C17H23N5O2/c1-3-14-20-17(21-24-14)22-9-5-7-13(11-22)10-19-16(23)15-12(2)6-4-8-18-15/h4,6,8,13H,3,5,7,9-11H2,1-2H3,(H,19,23)/t13-/m1/s1. The number of anilines is 1. The van der Waals surface area contributed by atoms with Crippen LogP contribution in [0.2, 0.25) is 0 Å². The minimum atomic E-state index is -0.113. The highest BCUT2D eigenvalue weighted by atomic mass is 16.5. The fourth-order valence-electron chi connectivity index (χ4n) is 2.98. The van der Waals surface area contributed by atoms with Gasteiger partial charge in [0.05, 0.1) is 0 Å². The molecule has 0 aliphatic carbocycles. The number of rotatable bonds is 5. The van der Waals surface area contributed by atoms with Crippen molar-refractivity contribution in [3.8, 4) is 0 Å². The zero-order chi connectivity index (χ0) is 16.9. The van der Waals surface area contributed by atoms with Crippen molar-refractivity contribution in [3.63, 3.8) is 0 Å². The lowest BCUT2D eigenvalue weighted by atomic mass is 9.98. The van der Waals surface area contributed by atoms with E-state index in [-0.39, 0.29) is 5.91 Å². The van der Waals surface area contributed by atoms with E-state index in [1.165, 1.54) is 0 Å². The summed E-state index contributed by atoms with van der Waals surface area (Å²) < 4.78 is 5.19. The summed E-state index contributed by atoms with van der Waals surface area (Å²) in [5.74, 6) is 1.57. The van der Waals surface area contributed by atoms with Crippen LogP contribution in [0.1, 0.15) is 41.7 Å². The van der Waals surface area contributed by atoms with Gasteiger partial charge in [-0.15, -0.1) is 0 Å². The maximum absolute atomic E-state index is 12.3. The van der Waals surface area contributed by atoms with Crippen LogP contribution in [0.3, 0.4) is 0 Å². The Morgan fingerprint density at radius 1 is 1.50 bits per heavy atom. The van der Waals surface area contributed by atoms with E-state index < -0.39 is 0 Å². The SMILES string of the molecule is CCc1nc(N2CCC[C@H](CNC(=O)c3ncccc3C)C2)no1. The van der Waals surface area contributed by atoms with Gasteiger partial charge in [-0.2, -0.15) is 4.98 Å². The molecule has 1 amide bonds. The quantitative estimate of drug-likeness (QED) is 0.903. The number of nitrogens with one attached hydrogen (secondary N) is 1. The molecule has 2 aromatic heterocycles. The number of amides is 1. The largest absolute Gasteiger partial charge is 0.350 e. The number of aryl methyl sites for hydroxylation is 2. The molecule has 1 N–H and O–H groups in total. The summed E-state index contributed by atoms with van der Waals surface area (Å²) in [7, 11) is 0. The average Bonchev–Trinajstić information content (AvgIpc) is 3.09. The van der Waals surface area contributed by atoms with E-state index in [0.29, 0.717) is 30.0 Å². The zero-order valence-electron chi connectivity index (χ0n) is 14.2. The molecular weight excluding hydrogens is 306 g/mol. The number of hydrogen-bond donors (Lipinski definition) is 1. The van der Waals surface area contributed by atoms with Gasteiger partial charge in [0.1, 0.15) is 5.69 Å². The molecule has 0 saturated carbocycles. The lowest BCUT2D eigenvalue weighted by molar-refractivity contribution is 0.0940. The molecule has 0 radical (unpaired) electrons. The minimum absolute atomic E-state index is 0.113. The highest BCUT2D eigenvalue weighted by molar-refractivity contribution is 5.93. The third kappa shape index (κ3) is 3.72. The molecule has 1 saturated heterocycles. The van der Waals surface area contributed by atoms with Crippen LogP contribution in [0.4, 0.5) is 5.95 Å². The Morgan fingerprint density at radius 2 is 2.38 bits per heavy atom. The Hall–Kier alpha value is -2.44. The monoisotopic (exact) mass is 329 g/mol. The van der Waals surface area contributed by atoms with Gasteiger partial charge in [0.2, 0.25) is 5.89 Å². The Labute approximate surface area is 141 Å². The number of carbonyl (C=O) groups excluding carboxylic acids is 1. The van der Waals surface area contributed by atoms with Crippen LogP contribution in [0.25, 0.3) is 0 Å². The van der Waals surface area contributed by atoms with Gasteiger partial charge in [-0.05, 0) is 42.5 Å². The second kappa shape index (κ2) is 7.42. The van der Waals surface area contributed by atoms with E-state index in [1.54, 1.807) is 6.20 Å². The number of pyridine rings is 1. The van der Waals surface area contributed by atoms with Gasteiger partial charge in [-0.3, -0.25) is 9.78 Å². The topological polar surface area (TPSA) is 84.2 Å². The fraction of sp³-hybridized carbons (Fsp3) is 0.529. The summed E-state index contributed by atoms with van der Waals surface area (Å²) in [6.07, 6.45) is 4.52. The first-order chi connectivity index (χ1) is 11.7. The van der Waals surface area contributed by atoms with Crippen LogP contribution < -0.4 is 10.2 Å². The molecule has 128 valence electrons. The van der Waals surface area contributed by atoms with Crippen LogP contribution >= 0.6 is 0 Å². The molecule has 1 fully saturated rings. The van der Waals surface area contributed by atoms with Gasteiger partial charge in [0.25, 0.3) is 11.9 Å². The van der Waals surface area contributed by atoms with Gasteiger partial charge in [-0.25, -0.2) is 0 Å². The van der Waals surface area contributed by atoms with Crippen molar-refractivity contribution in [1.29, 1.82) is 0 Å². The minimum Gasteiger partial charge on any atom is -0.350 e. The van der Waals surface area contributed by atoms with E-state index in [4.69, 9.17) is 4.52 Å². The van der Waals surface area contributed by atoms with Crippen molar-refractivity contribution >= 4 is 11.9 Å². The maximum atomic E-state index is 12.3. The smallest absolute Gasteiger partial charge is 0.270 e.